The first-order chi connectivity index (χ1) is 15.8. The minimum absolute atomic E-state index is 0.00665. The van der Waals surface area contributed by atoms with Crippen molar-refractivity contribution in [3.63, 3.8) is 0 Å². The molecule has 2 atom stereocenters. The van der Waals surface area contributed by atoms with Crippen molar-refractivity contribution in [3.05, 3.63) is 57.2 Å². The summed E-state index contributed by atoms with van der Waals surface area (Å²) in [6.07, 6.45) is 2.14. The molecular weight excluding hydrogens is 484 g/mol. The molecule has 6 rings (SSSR count). The van der Waals surface area contributed by atoms with Gasteiger partial charge in [-0.3, -0.25) is 0 Å². The number of aryl methyl sites for hydroxylation is 1. The van der Waals surface area contributed by atoms with Crippen molar-refractivity contribution in [2.24, 2.45) is 0 Å². The lowest BCUT2D eigenvalue weighted by molar-refractivity contribution is -0.728. The van der Waals surface area contributed by atoms with Crippen LogP contribution in [0.2, 0.25) is 0 Å². The second-order valence-corrected chi connectivity index (χ2v) is 12.8. The molecule has 0 N–H and O–H groups in total. The molecule has 2 aromatic carbocycles. The highest BCUT2D eigenvalue weighted by molar-refractivity contribution is 9.10. The number of ether oxygens (including phenoxy) is 1. The SMILES string of the molecule is CCC1(C)c2ccc(Br)c3cc(C)n4c5cc6c(cc5[n+](c4c23)C1(C)CC)C(C)(C)OC6(C)C. The number of hydrogen-bond acceptors (Lipinski definition) is 1. The Morgan fingerprint density at radius 1 is 0.882 bits per heavy atom. The molecule has 4 aromatic rings. The molecule has 178 valence electrons. The molecule has 2 aliphatic heterocycles. The maximum Gasteiger partial charge on any atom is 0.296 e. The number of aromatic nitrogens is 2. The van der Waals surface area contributed by atoms with Crippen molar-refractivity contribution in [2.75, 3.05) is 0 Å². The zero-order valence-corrected chi connectivity index (χ0v) is 23.6. The molecule has 0 saturated heterocycles. The van der Waals surface area contributed by atoms with Crippen LogP contribution < -0.4 is 4.57 Å². The smallest absolute Gasteiger partial charge is 0.296 e. The summed E-state index contributed by atoms with van der Waals surface area (Å²) in [5.41, 5.74) is 8.61. The normalized spacial score (nSPS) is 26.8. The molecule has 0 radical (unpaired) electrons. The standard InChI is InChI=1S/C30H36BrN2O/c1-10-29(8)19-12-13-22(31)18-14-17(3)32-23-15-20-21(28(6,7)34-27(20,4)5)16-24(23)33(26(32)25(18)19)30(29,9)11-2/h12-16H,10-11H2,1-9H3/q+1. The number of benzene rings is 2. The number of pyridine rings is 1. The molecule has 34 heavy (non-hydrogen) atoms. The van der Waals surface area contributed by atoms with Gasteiger partial charge in [0.1, 0.15) is 11.2 Å². The quantitative estimate of drug-likeness (QED) is 0.246. The van der Waals surface area contributed by atoms with E-state index in [0.717, 1.165) is 12.8 Å². The molecule has 0 bridgehead atoms. The fraction of sp³-hybridized carbons (Fsp3) is 0.500. The third-order valence-corrected chi connectivity index (χ3v) is 10.3. The molecule has 0 amide bonds. The first-order valence-electron chi connectivity index (χ1n) is 12.7. The molecule has 2 aliphatic rings. The Hall–Kier alpha value is -1.91. The van der Waals surface area contributed by atoms with E-state index in [2.05, 4.69) is 118 Å². The van der Waals surface area contributed by atoms with E-state index in [4.69, 9.17) is 4.74 Å². The number of rotatable bonds is 2. The number of nitrogens with zero attached hydrogens (tertiary/aromatic N) is 2. The fourth-order valence-electron chi connectivity index (χ4n) is 7.45. The largest absolute Gasteiger partial charge is 0.360 e. The van der Waals surface area contributed by atoms with Crippen LogP contribution in [0.15, 0.2) is 34.8 Å². The lowest BCUT2D eigenvalue weighted by atomic mass is 9.62. The van der Waals surface area contributed by atoms with Crippen molar-refractivity contribution in [2.45, 2.75) is 97.3 Å². The summed E-state index contributed by atoms with van der Waals surface area (Å²) >= 11 is 3.89. The zero-order valence-electron chi connectivity index (χ0n) is 22.0. The Bertz CT molecular complexity index is 1560. The summed E-state index contributed by atoms with van der Waals surface area (Å²) in [7, 11) is 0. The number of hydrogen-bond donors (Lipinski definition) is 0. The van der Waals surface area contributed by atoms with Crippen LogP contribution in [0.4, 0.5) is 0 Å². The van der Waals surface area contributed by atoms with Crippen molar-refractivity contribution < 1.29 is 9.30 Å². The highest BCUT2D eigenvalue weighted by Gasteiger charge is 2.55. The molecular formula is C30H36BrN2O+. The van der Waals surface area contributed by atoms with Crippen molar-refractivity contribution in [1.82, 2.24) is 4.40 Å². The van der Waals surface area contributed by atoms with Gasteiger partial charge in [-0.05, 0) is 95.3 Å². The van der Waals surface area contributed by atoms with Crippen molar-refractivity contribution in [1.29, 1.82) is 0 Å². The second kappa shape index (κ2) is 6.44. The predicted molar refractivity (Wildman–Crippen MR) is 144 cm³/mol. The molecule has 0 spiro atoms. The molecule has 0 fully saturated rings. The Morgan fingerprint density at radius 2 is 1.53 bits per heavy atom. The first-order valence-corrected chi connectivity index (χ1v) is 13.5. The lowest BCUT2D eigenvalue weighted by Gasteiger charge is -2.47. The van der Waals surface area contributed by atoms with E-state index in [9.17, 15) is 0 Å². The summed E-state index contributed by atoms with van der Waals surface area (Å²) in [6.45, 7) is 20.8. The van der Waals surface area contributed by atoms with Gasteiger partial charge in [0, 0.05) is 15.3 Å². The Kier molecular flexibility index (Phi) is 4.27. The van der Waals surface area contributed by atoms with Crippen molar-refractivity contribution >= 4 is 43.4 Å². The highest BCUT2D eigenvalue weighted by atomic mass is 79.9. The van der Waals surface area contributed by atoms with Crippen LogP contribution in [0, 0.1) is 6.92 Å². The fourth-order valence-corrected chi connectivity index (χ4v) is 7.90. The maximum atomic E-state index is 6.58. The summed E-state index contributed by atoms with van der Waals surface area (Å²) in [5, 5.41) is 2.70. The number of imidazole rings is 1. The average molecular weight is 521 g/mol. The topological polar surface area (TPSA) is 17.5 Å². The minimum atomic E-state index is -0.314. The van der Waals surface area contributed by atoms with Gasteiger partial charge in [0.15, 0.2) is 11.0 Å². The van der Waals surface area contributed by atoms with Gasteiger partial charge in [0.05, 0.1) is 16.6 Å². The number of halogens is 1. The van der Waals surface area contributed by atoms with Crippen molar-refractivity contribution in [3.8, 4) is 0 Å². The van der Waals surface area contributed by atoms with Gasteiger partial charge >= 0.3 is 0 Å². The van der Waals surface area contributed by atoms with Gasteiger partial charge in [-0.1, -0.05) is 42.8 Å². The van der Waals surface area contributed by atoms with E-state index >= 15 is 0 Å². The predicted octanol–water partition coefficient (Wildman–Crippen LogP) is 7.91. The maximum absolute atomic E-state index is 6.58. The lowest BCUT2D eigenvalue weighted by Crippen LogP contribution is -2.66. The molecule has 0 saturated carbocycles. The average Bonchev–Trinajstić information content (AvgIpc) is 3.21. The van der Waals surface area contributed by atoms with Gasteiger partial charge < -0.3 is 4.74 Å². The van der Waals surface area contributed by atoms with E-state index in [1.807, 2.05) is 0 Å². The van der Waals surface area contributed by atoms with E-state index in [-0.39, 0.29) is 22.2 Å². The van der Waals surface area contributed by atoms with Gasteiger partial charge in [-0.2, -0.15) is 4.40 Å². The molecule has 3 nitrogen and oxygen atoms in total. The van der Waals surface area contributed by atoms with Crippen LogP contribution in [0.25, 0.3) is 27.5 Å². The third kappa shape index (κ3) is 2.35. The van der Waals surface area contributed by atoms with Crippen LogP contribution in [0.3, 0.4) is 0 Å². The zero-order chi connectivity index (χ0) is 24.6. The van der Waals surface area contributed by atoms with Crippen LogP contribution >= 0.6 is 15.9 Å². The van der Waals surface area contributed by atoms with Crippen LogP contribution in [0.5, 0.6) is 0 Å². The monoisotopic (exact) mass is 519 g/mol. The van der Waals surface area contributed by atoms with Crippen LogP contribution in [-0.4, -0.2) is 4.40 Å². The number of fused-ring (bicyclic) bond motifs is 4. The first kappa shape index (κ1) is 22.5. The Balaban J connectivity index is 1.95. The Labute approximate surface area is 211 Å². The third-order valence-electron chi connectivity index (χ3n) is 9.62. The van der Waals surface area contributed by atoms with Gasteiger partial charge in [-0.25, -0.2) is 4.57 Å². The molecule has 2 aromatic heterocycles. The van der Waals surface area contributed by atoms with E-state index in [1.165, 1.54) is 54.3 Å². The highest BCUT2D eigenvalue weighted by Crippen LogP contribution is 2.53. The molecule has 4 heterocycles. The van der Waals surface area contributed by atoms with Crippen LogP contribution in [-0.2, 0) is 26.9 Å². The second-order valence-electron chi connectivity index (χ2n) is 12.0. The van der Waals surface area contributed by atoms with Crippen LogP contribution in [0.1, 0.15) is 90.6 Å². The molecule has 0 aliphatic carbocycles. The summed E-state index contributed by atoms with van der Waals surface area (Å²) in [5.74, 6) is 0. The molecule has 4 heteroatoms. The minimum Gasteiger partial charge on any atom is -0.360 e. The van der Waals surface area contributed by atoms with E-state index < -0.39 is 0 Å². The van der Waals surface area contributed by atoms with E-state index in [0.29, 0.717) is 0 Å². The summed E-state index contributed by atoms with van der Waals surface area (Å²) in [4.78, 5) is 0. The van der Waals surface area contributed by atoms with Gasteiger partial charge in [0.25, 0.3) is 5.65 Å². The van der Waals surface area contributed by atoms with Gasteiger partial charge in [0.2, 0.25) is 0 Å². The molecule has 2 unspecified atom stereocenters. The van der Waals surface area contributed by atoms with Gasteiger partial charge in [-0.15, -0.1) is 0 Å². The summed E-state index contributed by atoms with van der Waals surface area (Å²) < 4.78 is 13.0. The summed E-state index contributed by atoms with van der Waals surface area (Å²) in [6, 6.07) is 11.9. The van der Waals surface area contributed by atoms with E-state index in [1.54, 1.807) is 0 Å². The Morgan fingerprint density at radius 3 is 2.15 bits per heavy atom.